The van der Waals surface area contributed by atoms with E-state index in [4.69, 9.17) is 28.4 Å². The van der Waals surface area contributed by atoms with E-state index in [1.54, 1.807) is 0 Å². The second kappa shape index (κ2) is 7.41. The largest absolute Gasteiger partial charge is 0.378 e. The zero-order valence-electron chi connectivity index (χ0n) is 14.8. The van der Waals surface area contributed by atoms with Crippen molar-refractivity contribution in [3.8, 4) is 0 Å². The van der Waals surface area contributed by atoms with Gasteiger partial charge in [0.1, 0.15) is 18.3 Å². The lowest BCUT2D eigenvalue weighted by molar-refractivity contribution is -0.0252. The molecular weight excluding hydrogens is 324 g/mol. The van der Waals surface area contributed by atoms with Crippen molar-refractivity contribution in [1.82, 2.24) is 0 Å². The van der Waals surface area contributed by atoms with Gasteiger partial charge in [0.05, 0.1) is 52.9 Å². The van der Waals surface area contributed by atoms with Crippen molar-refractivity contribution < 1.29 is 28.4 Å². The molecule has 3 heterocycles. The van der Waals surface area contributed by atoms with Gasteiger partial charge in [0.15, 0.2) is 0 Å². The fraction of sp³-hybridized carbons (Fsp3) is 1.00. The minimum absolute atomic E-state index is 0.345. The summed E-state index contributed by atoms with van der Waals surface area (Å²) < 4.78 is 33.6. The first-order chi connectivity index (χ1) is 12.4. The Kier molecular flexibility index (Phi) is 5.01. The van der Waals surface area contributed by atoms with E-state index >= 15 is 0 Å². The van der Waals surface area contributed by atoms with Gasteiger partial charge in [-0.3, -0.25) is 0 Å². The molecule has 0 N–H and O–H groups in total. The quantitative estimate of drug-likeness (QED) is 0.490. The Bertz CT molecular complexity index is 447. The standard InChI is InChI=1S/C19H30O6/c1-12-2-17(13(1)3-20-4-14-7-23-14)19(11-22-6-16-9-25-16)18(12)10-21-5-15-8-24-15/h12-19H,1-11H2. The summed E-state index contributed by atoms with van der Waals surface area (Å²) in [5.74, 6) is 3.39. The van der Waals surface area contributed by atoms with Crippen LogP contribution < -0.4 is 0 Å². The van der Waals surface area contributed by atoms with Crippen LogP contribution >= 0.6 is 0 Å². The molecule has 25 heavy (non-hydrogen) atoms. The maximum Gasteiger partial charge on any atom is 0.104 e. The summed E-state index contributed by atoms with van der Waals surface area (Å²) in [6.07, 6.45) is 3.66. The van der Waals surface area contributed by atoms with Gasteiger partial charge in [0.25, 0.3) is 0 Å². The Morgan fingerprint density at radius 2 is 1.12 bits per heavy atom. The predicted molar refractivity (Wildman–Crippen MR) is 88.4 cm³/mol. The van der Waals surface area contributed by atoms with Gasteiger partial charge in [0, 0.05) is 6.61 Å². The van der Waals surface area contributed by atoms with Crippen LogP contribution in [0.1, 0.15) is 12.8 Å². The van der Waals surface area contributed by atoms with Crippen molar-refractivity contribution >= 4 is 0 Å². The average molecular weight is 354 g/mol. The van der Waals surface area contributed by atoms with Gasteiger partial charge < -0.3 is 28.4 Å². The van der Waals surface area contributed by atoms with Crippen molar-refractivity contribution in [2.75, 3.05) is 59.5 Å². The van der Waals surface area contributed by atoms with Crippen LogP contribution in [0.5, 0.6) is 0 Å². The van der Waals surface area contributed by atoms with Crippen LogP contribution in [0.4, 0.5) is 0 Å². The maximum absolute atomic E-state index is 6.00. The fourth-order valence-corrected chi connectivity index (χ4v) is 4.96. The van der Waals surface area contributed by atoms with Crippen molar-refractivity contribution in [3.05, 3.63) is 0 Å². The molecule has 0 amide bonds. The normalized spacial score (nSPS) is 46.6. The highest BCUT2D eigenvalue weighted by atomic mass is 16.6. The molecule has 2 bridgehead atoms. The topological polar surface area (TPSA) is 65.3 Å². The van der Waals surface area contributed by atoms with Crippen LogP contribution in [-0.4, -0.2) is 77.8 Å². The third-order valence-electron chi connectivity index (χ3n) is 6.56. The summed E-state index contributed by atoms with van der Waals surface area (Å²) >= 11 is 0. The average Bonchev–Trinajstić information content (AvgIpc) is 3.47. The predicted octanol–water partition coefficient (Wildman–Crippen LogP) is 1.12. The van der Waals surface area contributed by atoms with Crippen LogP contribution in [0.3, 0.4) is 0 Å². The third kappa shape index (κ3) is 4.37. The number of rotatable bonds is 12. The van der Waals surface area contributed by atoms with E-state index in [2.05, 4.69) is 0 Å². The minimum atomic E-state index is 0.345. The zero-order chi connectivity index (χ0) is 16.6. The maximum atomic E-state index is 6.00. The lowest BCUT2D eigenvalue weighted by Gasteiger charge is -2.35. The van der Waals surface area contributed by atoms with Gasteiger partial charge in [-0.1, -0.05) is 0 Å². The highest BCUT2D eigenvalue weighted by Gasteiger charge is 2.52. The van der Waals surface area contributed by atoms with Crippen molar-refractivity contribution in [1.29, 1.82) is 0 Å². The number of fused-ring (bicyclic) bond motifs is 2. The van der Waals surface area contributed by atoms with E-state index in [9.17, 15) is 0 Å². The Morgan fingerprint density at radius 3 is 1.68 bits per heavy atom. The molecule has 2 saturated carbocycles. The first kappa shape index (κ1) is 16.9. The molecule has 2 aliphatic carbocycles. The molecule has 0 aromatic carbocycles. The fourth-order valence-electron chi connectivity index (χ4n) is 4.96. The molecular formula is C19H30O6. The first-order valence-electron chi connectivity index (χ1n) is 9.95. The lowest BCUT2D eigenvalue weighted by Crippen LogP contribution is -2.36. The molecule has 0 radical (unpaired) electrons. The molecule has 8 unspecified atom stereocenters. The van der Waals surface area contributed by atoms with Crippen LogP contribution in [-0.2, 0) is 28.4 Å². The molecule has 8 atom stereocenters. The molecule has 5 fully saturated rings. The second-order valence-corrected chi connectivity index (χ2v) is 8.46. The smallest absolute Gasteiger partial charge is 0.104 e. The number of ether oxygens (including phenoxy) is 6. The van der Waals surface area contributed by atoms with E-state index in [-0.39, 0.29) is 0 Å². The molecule has 0 aromatic heterocycles. The van der Waals surface area contributed by atoms with Gasteiger partial charge in [0.2, 0.25) is 0 Å². The highest BCUT2D eigenvalue weighted by molar-refractivity contribution is 5.00. The van der Waals surface area contributed by atoms with Gasteiger partial charge in [-0.05, 0) is 42.4 Å². The van der Waals surface area contributed by atoms with Crippen molar-refractivity contribution in [2.45, 2.75) is 31.2 Å². The summed E-state index contributed by atoms with van der Waals surface area (Å²) in [7, 11) is 0. The van der Waals surface area contributed by atoms with Gasteiger partial charge in [-0.2, -0.15) is 0 Å². The molecule has 142 valence electrons. The molecule has 3 aliphatic heterocycles. The molecule has 3 saturated heterocycles. The van der Waals surface area contributed by atoms with Crippen molar-refractivity contribution in [2.24, 2.45) is 29.6 Å². The van der Waals surface area contributed by atoms with E-state index in [1.165, 1.54) is 12.8 Å². The summed E-state index contributed by atoms with van der Waals surface area (Å²) in [5, 5.41) is 0. The molecule has 5 aliphatic rings. The Labute approximate surface area is 149 Å². The third-order valence-corrected chi connectivity index (χ3v) is 6.56. The lowest BCUT2D eigenvalue weighted by atomic mass is 9.75. The SMILES string of the molecule is C(OCC1CC2CC1C(COCC1CO1)C2COCC1CO1)C1CO1. The summed E-state index contributed by atoms with van der Waals surface area (Å²) in [5.41, 5.74) is 0. The number of epoxide rings is 3. The molecule has 0 spiro atoms. The minimum Gasteiger partial charge on any atom is -0.378 e. The van der Waals surface area contributed by atoms with Crippen LogP contribution in [0.15, 0.2) is 0 Å². The number of hydrogen-bond donors (Lipinski definition) is 0. The molecule has 6 nitrogen and oxygen atoms in total. The second-order valence-electron chi connectivity index (χ2n) is 8.46. The van der Waals surface area contributed by atoms with Crippen LogP contribution in [0.2, 0.25) is 0 Å². The van der Waals surface area contributed by atoms with Gasteiger partial charge >= 0.3 is 0 Å². The monoisotopic (exact) mass is 354 g/mol. The zero-order valence-corrected chi connectivity index (χ0v) is 14.8. The van der Waals surface area contributed by atoms with Crippen LogP contribution in [0, 0.1) is 29.6 Å². The van der Waals surface area contributed by atoms with Crippen molar-refractivity contribution in [3.63, 3.8) is 0 Å². The molecule has 6 heteroatoms. The van der Waals surface area contributed by atoms with E-state index < -0.39 is 0 Å². The van der Waals surface area contributed by atoms with E-state index in [0.29, 0.717) is 36.1 Å². The molecule has 0 aromatic rings. The Morgan fingerprint density at radius 1 is 0.600 bits per heavy atom. The Balaban J connectivity index is 1.12. The summed E-state index contributed by atoms with van der Waals surface area (Å²) in [4.78, 5) is 0. The van der Waals surface area contributed by atoms with Gasteiger partial charge in [-0.15, -0.1) is 0 Å². The Hall–Kier alpha value is -0.240. The van der Waals surface area contributed by atoms with E-state index in [1.807, 2.05) is 0 Å². The van der Waals surface area contributed by atoms with Gasteiger partial charge in [-0.25, -0.2) is 0 Å². The summed E-state index contributed by atoms with van der Waals surface area (Å²) in [6, 6.07) is 0. The summed E-state index contributed by atoms with van der Waals surface area (Å²) in [6.45, 7) is 7.47. The first-order valence-corrected chi connectivity index (χ1v) is 9.95. The van der Waals surface area contributed by atoms with Crippen LogP contribution in [0.25, 0.3) is 0 Å². The molecule has 5 rings (SSSR count). The van der Waals surface area contributed by atoms with E-state index in [0.717, 1.165) is 71.3 Å². The number of hydrogen-bond acceptors (Lipinski definition) is 6. The highest BCUT2D eigenvalue weighted by Crippen LogP contribution is 2.55.